The lowest BCUT2D eigenvalue weighted by atomic mass is 10.2. The van der Waals surface area contributed by atoms with E-state index in [4.69, 9.17) is 23.2 Å². The van der Waals surface area contributed by atoms with Gasteiger partial charge < -0.3 is 15.1 Å². The van der Waals surface area contributed by atoms with Gasteiger partial charge in [0.15, 0.2) is 0 Å². The van der Waals surface area contributed by atoms with Crippen molar-refractivity contribution in [2.24, 2.45) is 0 Å². The van der Waals surface area contributed by atoms with Crippen molar-refractivity contribution >= 4 is 46.5 Å². The maximum absolute atomic E-state index is 12.3. The Balaban J connectivity index is 1.62. The molecule has 0 unspecified atom stereocenters. The lowest BCUT2D eigenvalue weighted by Crippen LogP contribution is -2.48. The Kier molecular flexibility index (Phi) is 5.64. The number of halogens is 2. The Morgan fingerprint density at radius 1 is 1.04 bits per heavy atom. The minimum absolute atomic E-state index is 0.100. The van der Waals surface area contributed by atoms with Gasteiger partial charge in [0.05, 0.1) is 21.9 Å². The van der Waals surface area contributed by atoms with E-state index in [-0.39, 0.29) is 11.8 Å². The maximum atomic E-state index is 12.3. The van der Waals surface area contributed by atoms with Gasteiger partial charge in [-0.15, -0.1) is 0 Å². The van der Waals surface area contributed by atoms with Gasteiger partial charge in [0, 0.05) is 38.7 Å². The summed E-state index contributed by atoms with van der Waals surface area (Å²) in [5.41, 5.74) is 1.37. The first-order valence-electron chi connectivity index (χ1n) is 8.17. The molecule has 6 nitrogen and oxygen atoms in total. The van der Waals surface area contributed by atoms with Crippen LogP contribution < -0.4 is 10.2 Å². The summed E-state index contributed by atoms with van der Waals surface area (Å²) in [7, 11) is 0. The summed E-state index contributed by atoms with van der Waals surface area (Å²) < 4.78 is 0. The van der Waals surface area contributed by atoms with Crippen LogP contribution in [0, 0.1) is 0 Å². The highest BCUT2D eigenvalue weighted by molar-refractivity contribution is 6.42. The summed E-state index contributed by atoms with van der Waals surface area (Å²) in [4.78, 5) is 31.9. The number of anilines is 2. The number of nitrogens with one attached hydrogen (secondary N) is 1. The number of pyridine rings is 1. The molecule has 26 heavy (non-hydrogen) atoms. The molecule has 0 bridgehead atoms. The normalized spacial score (nSPS) is 14.3. The third-order valence-electron chi connectivity index (χ3n) is 4.26. The molecule has 0 saturated carbocycles. The van der Waals surface area contributed by atoms with Crippen molar-refractivity contribution in [3.05, 3.63) is 52.1 Å². The highest BCUT2D eigenvalue weighted by atomic mass is 35.5. The molecule has 0 radical (unpaired) electrons. The van der Waals surface area contributed by atoms with Gasteiger partial charge in [-0.2, -0.15) is 0 Å². The fourth-order valence-corrected chi connectivity index (χ4v) is 3.05. The number of carbonyl (C=O) groups is 2. The number of benzene rings is 1. The second-order valence-corrected chi connectivity index (χ2v) is 6.79. The molecule has 2 amide bonds. The number of carbonyl (C=O) groups excluding carboxylic acids is 2. The summed E-state index contributed by atoms with van der Waals surface area (Å²) in [5, 5.41) is 3.46. The molecule has 2 heterocycles. The van der Waals surface area contributed by atoms with Crippen LogP contribution in [0.5, 0.6) is 0 Å². The van der Waals surface area contributed by atoms with Crippen LogP contribution in [0.15, 0.2) is 36.5 Å². The summed E-state index contributed by atoms with van der Waals surface area (Å²) >= 11 is 11.8. The summed E-state index contributed by atoms with van der Waals surface area (Å²) in [6.45, 7) is 4.51. The SMILES string of the molecule is CC(=O)N1CCN(c2ccc(NC(=O)c3ccc(Cl)c(Cl)c3)nc2)CC1. The first-order valence-corrected chi connectivity index (χ1v) is 8.92. The van der Waals surface area contributed by atoms with Crippen molar-refractivity contribution in [1.29, 1.82) is 0 Å². The molecule has 0 spiro atoms. The molecule has 1 N–H and O–H groups in total. The summed E-state index contributed by atoms with van der Waals surface area (Å²) in [5.74, 6) is 0.245. The van der Waals surface area contributed by atoms with Gasteiger partial charge in [0.2, 0.25) is 5.91 Å². The van der Waals surface area contributed by atoms with E-state index < -0.39 is 0 Å². The number of hydrogen-bond donors (Lipinski definition) is 1. The van der Waals surface area contributed by atoms with Crippen LogP contribution >= 0.6 is 23.2 Å². The minimum atomic E-state index is -0.307. The van der Waals surface area contributed by atoms with E-state index in [1.165, 1.54) is 6.07 Å². The van der Waals surface area contributed by atoms with Gasteiger partial charge in [-0.25, -0.2) is 4.98 Å². The van der Waals surface area contributed by atoms with Gasteiger partial charge in [-0.05, 0) is 30.3 Å². The van der Waals surface area contributed by atoms with E-state index in [9.17, 15) is 9.59 Å². The molecule has 1 fully saturated rings. The van der Waals surface area contributed by atoms with E-state index in [1.54, 1.807) is 31.3 Å². The zero-order valence-electron chi connectivity index (χ0n) is 14.2. The fraction of sp³-hybridized carbons (Fsp3) is 0.278. The van der Waals surface area contributed by atoms with Crippen molar-refractivity contribution in [1.82, 2.24) is 9.88 Å². The summed E-state index contributed by atoms with van der Waals surface area (Å²) in [6.07, 6.45) is 1.72. The Morgan fingerprint density at radius 2 is 1.77 bits per heavy atom. The average Bonchev–Trinajstić information content (AvgIpc) is 2.64. The Labute approximate surface area is 161 Å². The quantitative estimate of drug-likeness (QED) is 0.869. The smallest absolute Gasteiger partial charge is 0.256 e. The molecule has 3 rings (SSSR count). The second kappa shape index (κ2) is 7.93. The average molecular weight is 393 g/mol. The molecule has 1 saturated heterocycles. The molecule has 2 aromatic rings. The van der Waals surface area contributed by atoms with Crippen LogP contribution in [0.3, 0.4) is 0 Å². The van der Waals surface area contributed by atoms with Crippen LogP contribution in [0.1, 0.15) is 17.3 Å². The van der Waals surface area contributed by atoms with Crippen molar-refractivity contribution in [3.8, 4) is 0 Å². The van der Waals surface area contributed by atoms with Crippen LogP contribution in [0.4, 0.5) is 11.5 Å². The fourth-order valence-electron chi connectivity index (χ4n) is 2.75. The number of nitrogens with zero attached hydrogens (tertiary/aromatic N) is 3. The van der Waals surface area contributed by atoms with E-state index in [2.05, 4.69) is 15.2 Å². The van der Waals surface area contributed by atoms with Crippen molar-refractivity contribution < 1.29 is 9.59 Å². The highest BCUT2D eigenvalue weighted by Gasteiger charge is 2.19. The molecular formula is C18H18Cl2N4O2. The molecule has 0 atom stereocenters. The van der Waals surface area contributed by atoms with Gasteiger partial charge >= 0.3 is 0 Å². The second-order valence-electron chi connectivity index (χ2n) is 5.98. The largest absolute Gasteiger partial charge is 0.367 e. The number of aromatic nitrogens is 1. The maximum Gasteiger partial charge on any atom is 0.256 e. The first kappa shape index (κ1) is 18.5. The standard InChI is InChI=1S/C18H18Cl2N4O2/c1-12(25)23-6-8-24(9-7-23)14-3-5-17(21-11-14)22-18(26)13-2-4-15(19)16(20)10-13/h2-5,10-11H,6-9H2,1H3,(H,21,22,26). The Morgan fingerprint density at radius 3 is 2.35 bits per heavy atom. The van der Waals surface area contributed by atoms with Crippen LogP contribution in [0.2, 0.25) is 10.0 Å². The van der Waals surface area contributed by atoms with E-state index >= 15 is 0 Å². The molecular weight excluding hydrogens is 375 g/mol. The third kappa shape index (κ3) is 4.26. The van der Waals surface area contributed by atoms with Gasteiger partial charge in [0.1, 0.15) is 5.82 Å². The van der Waals surface area contributed by atoms with Gasteiger partial charge in [-0.3, -0.25) is 9.59 Å². The molecule has 1 aliphatic rings. The van der Waals surface area contributed by atoms with E-state index in [1.807, 2.05) is 11.0 Å². The van der Waals surface area contributed by atoms with Crippen molar-refractivity contribution in [3.63, 3.8) is 0 Å². The molecule has 0 aliphatic carbocycles. The Hall–Kier alpha value is -2.31. The number of piperazine rings is 1. The van der Waals surface area contributed by atoms with Crippen LogP contribution in [0.25, 0.3) is 0 Å². The minimum Gasteiger partial charge on any atom is -0.367 e. The molecule has 1 aromatic carbocycles. The van der Waals surface area contributed by atoms with E-state index in [0.29, 0.717) is 34.5 Å². The predicted molar refractivity (Wildman–Crippen MR) is 103 cm³/mol. The van der Waals surface area contributed by atoms with Gasteiger partial charge in [0.25, 0.3) is 5.91 Å². The molecule has 136 valence electrons. The third-order valence-corrected chi connectivity index (χ3v) is 5.00. The zero-order chi connectivity index (χ0) is 18.7. The van der Waals surface area contributed by atoms with Gasteiger partial charge in [-0.1, -0.05) is 23.2 Å². The first-order chi connectivity index (χ1) is 12.4. The monoisotopic (exact) mass is 392 g/mol. The molecule has 1 aromatic heterocycles. The van der Waals surface area contributed by atoms with Crippen LogP contribution in [-0.4, -0.2) is 47.9 Å². The Bertz CT molecular complexity index is 818. The molecule has 8 heteroatoms. The lowest BCUT2D eigenvalue weighted by Gasteiger charge is -2.35. The number of rotatable bonds is 3. The summed E-state index contributed by atoms with van der Waals surface area (Å²) in [6, 6.07) is 8.35. The number of amides is 2. The molecule has 1 aliphatic heterocycles. The predicted octanol–water partition coefficient (Wildman–Crippen LogP) is 3.31. The van der Waals surface area contributed by atoms with E-state index in [0.717, 1.165) is 18.8 Å². The van der Waals surface area contributed by atoms with Crippen molar-refractivity contribution in [2.75, 3.05) is 36.4 Å². The number of hydrogen-bond acceptors (Lipinski definition) is 4. The van der Waals surface area contributed by atoms with Crippen LogP contribution in [-0.2, 0) is 4.79 Å². The lowest BCUT2D eigenvalue weighted by molar-refractivity contribution is -0.129. The highest BCUT2D eigenvalue weighted by Crippen LogP contribution is 2.23. The zero-order valence-corrected chi connectivity index (χ0v) is 15.7. The van der Waals surface area contributed by atoms with Crippen molar-refractivity contribution in [2.45, 2.75) is 6.92 Å². The topological polar surface area (TPSA) is 65.5 Å².